The van der Waals surface area contributed by atoms with E-state index >= 15 is 4.39 Å². The zero-order valence-corrected chi connectivity index (χ0v) is 20.7. The molecule has 1 saturated heterocycles. The lowest BCUT2D eigenvalue weighted by molar-refractivity contribution is -0.161. The van der Waals surface area contributed by atoms with Crippen LogP contribution < -0.4 is 11.5 Å². The average molecular weight is 509 g/mol. The van der Waals surface area contributed by atoms with Crippen LogP contribution in [0.2, 0.25) is 5.02 Å². The van der Waals surface area contributed by atoms with Gasteiger partial charge in [0, 0.05) is 17.0 Å². The number of nitrogens with two attached hydrogens (primary N) is 2. The Morgan fingerprint density at radius 2 is 2.00 bits per heavy atom. The number of nitrogen functional groups attached to an aromatic ring is 2. The molecule has 2 saturated carbocycles. The van der Waals surface area contributed by atoms with E-state index in [1.54, 1.807) is 6.07 Å². The van der Waals surface area contributed by atoms with E-state index in [1.807, 2.05) is 38.2 Å². The van der Waals surface area contributed by atoms with E-state index in [0.29, 0.717) is 34.1 Å². The van der Waals surface area contributed by atoms with Crippen molar-refractivity contribution in [1.82, 2.24) is 19.5 Å². The predicted molar refractivity (Wildman–Crippen MR) is 135 cm³/mol. The van der Waals surface area contributed by atoms with E-state index in [4.69, 9.17) is 32.5 Å². The molecule has 4 heterocycles. The van der Waals surface area contributed by atoms with E-state index in [-0.39, 0.29) is 40.8 Å². The highest BCUT2D eigenvalue weighted by molar-refractivity contribution is 6.33. The van der Waals surface area contributed by atoms with Gasteiger partial charge in [-0.1, -0.05) is 23.7 Å². The van der Waals surface area contributed by atoms with Gasteiger partial charge >= 0.3 is 0 Å². The third-order valence-corrected chi connectivity index (χ3v) is 8.63. The molecule has 36 heavy (non-hydrogen) atoms. The number of rotatable bonds is 4. The summed E-state index contributed by atoms with van der Waals surface area (Å²) in [5.74, 6) is -0.124. The summed E-state index contributed by atoms with van der Waals surface area (Å²) in [6.07, 6.45) is 5.61. The van der Waals surface area contributed by atoms with Crippen molar-refractivity contribution in [3.63, 3.8) is 0 Å². The molecular weight excluding hydrogens is 483 g/mol. The first-order chi connectivity index (χ1) is 17.2. The molecule has 0 bridgehead atoms. The van der Waals surface area contributed by atoms with E-state index in [9.17, 15) is 0 Å². The van der Waals surface area contributed by atoms with Crippen LogP contribution in [0.15, 0.2) is 36.8 Å². The Hall–Kier alpha value is -3.01. The summed E-state index contributed by atoms with van der Waals surface area (Å²) in [6.45, 7) is 3.90. The van der Waals surface area contributed by atoms with Crippen LogP contribution in [-0.2, 0) is 15.9 Å². The van der Waals surface area contributed by atoms with Crippen molar-refractivity contribution in [2.24, 2.45) is 11.3 Å². The van der Waals surface area contributed by atoms with Gasteiger partial charge in [-0.15, -0.1) is 0 Å². The molecule has 4 aromatic rings. The lowest BCUT2D eigenvalue weighted by Gasteiger charge is -2.24. The zero-order chi connectivity index (χ0) is 25.0. The average Bonchev–Trinajstić information content (AvgIpc) is 3.09. The SMILES string of the molecule is CC1(C)O[C@H]2[C@H](n3ccc4c(N)ncnc43)[C@H]3CC3(CCc3ccc4cc(Cl)c(N)nc4c3F)[C@H]2O1. The second-order valence-electron chi connectivity index (χ2n) is 10.7. The Bertz CT molecular complexity index is 1560. The number of nitrogens with zero attached hydrogens (tertiary/aromatic N) is 4. The molecule has 10 heteroatoms. The molecule has 0 amide bonds. The maximum absolute atomic E-state index is 15.4. The molecule has 1 aliphatic heterocycles. The van der Waals surface area contributed by atoms with Gasteiger partial charge < -0.3 is 25.5 Å². The minimum Gasteiger partial charge on any atom is -0.383 e. The molecule has 0 spiro atoms. The third-order valence-electron chi connectivity index (χ3n) is 8.33. The van der Waals surface area contributed by atoms with Crippen LogP contribution in [0.1, 0.15) is 38.3 Å². The predicted octanol–water partition coefficient (Wildman–Crippen LogP) is 4.65. The number of anilines is 2. The maximum atomic E-state index is 15.4. The largest absolute Gasteiger partial charge is 0.383 e. The van der Waals surface area contributed by atoms with Gasteiger partial charge in [0.25, 0.3) is 0 Å². The highest BCUT2D eigenvalue weighted by atomic mass is 35.5. The second-order valence-corrected chi connectivity index (χ2v) is 11.1. The molecule has 186 valence electrons. The van der Waals surface area contributed by atoms with Crippen LogP contribution in [0.5, 0.6) is 0 Å². The van der Waals surface area contributed by atoms with Crippen molar-refractivity contribution in [2.75, 3.05) is 11.5 Å². The van der Waals surface area contributed by atoms with Gasteiger partial charge in [0.2, 0.25) is 0 Å². The number of hydrogen-bond donors (Lipinski definition) is 2. The van der Waals surface area contributed by atoms with Crippen molar-refractivity contribution >= 4 is 45.2 Å². The summed E-state index contributed by atoms with van der Waals surface area (Å²) in [7, 11) is 0. The first-order valence-electron chi connectivity index (χ1n) is 12.1. The van der Waals surface area contributed by atoms with Crippen LogP contribution >= 0.6 is 11.6 Å². The van der Waals surface area contributed by atoms with E-state index < -0.39 is 5.79 Å². The van der Waals surface area contributed by atoms with Crippen molar-refractivity contribution in [3.05, 3.63) is 53.2 Å². The molecule has 3 aliphatic rings. The molecule has 2 aliphatic carbocycles. The molecule has 5 atom stereocenters. The first-order valence-corrected chi connectivity index (χ1v) is 12.5. The number of benzene rings is 1. The lowest BCUT2D eigenvalue weighted by atomic mass is 9.91. The molecule has 4 N–H and O–H groups in total. The number of aryl methyl sites for hydroxylation is 1. The molecule has 1 unspecified atom stereocenters. The number of halogens is 2. The number of pyridine rings is 1. The quantitative estimate of drug-likeness (QED) is 0.412. The Morgan fingerprint density at radius 1 is 1.17 bits per heavy atom. The van der Waals surface area contributed by atoms with Gasteiger partial charge in [0.1, 0.15) is 35.2 Å². The maximum Gasteiger partial charge on any atom is 0.163 e. The summed E-state index contributed by atoms with van der Waals surface area (Å²) in [5.41, 5.74) is 13.5. The van der Waals surface area contributed by atoms with Gasteiger partial charge in [-0.2, -0.15) is 0 Å². The third kappa shape index (κ3) is 3.02. The monoisotopic (exact) mass is 508 g/mol. The van der Waals surface area contributed by atoms with Crippen LogP contribution in [0, 0.1) is 17.2 Å². The summed E-state index contributed by atoms with van der Waals surface area (Å²) < 4.78 is 30.5. The first kappa shape index (κ1) is 22.2. The molecule has 1 aromatic carbocycles. The normalized spacial score (nSPS) is 30.1. The Kier molecular flexibility index (Phi) is 4.49. The Balaban J connectivity index is 1.23. The van der Waals surface area contributed by atoms with Crippen LogP contribution in [-0.4, -0.2) is 37.5 Å². The number of fused-ring (bicyclic) bond motifs is 5. The minimum absolute atomic E-state index is 0.0497. The van der Waals surface area contributed by atoms with Crippen molar-refractivity contribution < 1.29 is 13.9 Å². The summed E-state index contributed by atoms with van der Waals surface area (Å²) in [5, 5.41) is 1.78. The van der Waals surface area contributed by atoms with Gasteiger partial charge in [-0.05, 0) is 56.7 Å². The summed E-state index contributed by atoms with van der Waals surface area (Å²) >= 11 is 6.07. The lowest BCUT2D eigenvalue weighted by Crippen LogP contribution is -2.32. The van der Waals surface area contributed by atoms with Crippen molar-refractivity contribution in [2.45, 2.75) is 57.1 Å². The fourth-order valence-corrected chi connectivity index (χ4v) is 6.82. The van der Waals surface area contributed by atoms with Gasteiger partial charge in [0.15, 0.2) is 11.6 Å². The van der Waals surface area contributed by atoms with Crippen LogP contribution in [0.4, 0.5) is 16.0 Å². The van der Waals surface area contributed by atoms with E-state index in [0.717, 1.165) is 23.9 Å². The second kappa shape index (κ2) is 7.27. The van der Waals surface area contributed by atoms with Gasteiger partial charge in [-0.25, -0.2) is 19.3 Å². The molecule has 8 nitrogen and oxygen atoms in total. The molecule has 3 fully saturated rings. The fourth-order valence-electron chi connectivity index (χ4n) is 6.66. The van der Waals surface area contributed by atoms with E-state index in [1.165, 1.54) is 6.33 Å². The van der Waals surface area contributed by atoms with Crippen LogP contribution in [0.3, 0.4) is 0 Å². The van der Waals surface area contributed by atoms with Crippen molar-refractivity contribution in [3.8, 4) is 0 Å². The van der Waals surface area contributed by atoms with Crippen LogP contribution in [0.25, 0.3) is 21.9 Å². The molecule has 7 rings (SSSR count). The molecule has 3 aromatic heterocycles. The summed E-state index contributed by atoms with van der Waals surface area (Å²) in [6, 6.07) is 7.32. The van der Waals surface area contributed by atoms with Gasteiger partial charge in [0.05, 0.1) is 22.6 Å². The number of aromatic nitrogens is 4. The highest BCUT2D eigenvalue weighted by Crippen LogP contribution is 2.73. The van der Waals surface area contributed by atoms with E-state index in [2.05, 4.69) is 19.5 Å². The number of hydrogen-bond acceptors (Lipinski definition) is 7. The minimum atomic E-state index is -0.694. The molecule has 0 radical (unpaired) electrons. The summed E-state index contributed by atoms with van der Waals surface area (Å²) in [4.78, 5) is 12.8. The fraction of sp³-hybridized carbons (Fsp3) is 0.423. The highest BCUT2D eigenvalue weighted by Gasteiger charge is 2.75. The topological polar surface area (TPSA) is 114 Å². The zero-order valence-electron chi connectivity index (χ0n) is 19.9. The standard InChI is InChI=1S/C26H26ClFN6O2/c1-25(2)35-20-19(34-8-6-14-22(29)31-11-32-24(14)34)15-10-26(15,21(20)36-25)7-5-12-3-4-13-9-16(27)23(30)33-18(13)17(12)28/h3-4,6,8-9,11,15,19-21H,5,7,10H2,1-2H3,(H2,30,33)(H2,29,31,32)/t15-,19-,20+,21+,26?/m1/s1. The van der Waals surface area contributed by atoms with Crippen molar-refractivity contribution in [1.29, 1.82) is 0 Å². The Labute approximate surface area is 211 Å². The van der Waals surface area contributed by atoms with Gasteiger partial charge in [-0.3, -0.25) is 0 Å². The Morgan fingerprint density at radius 3 is 2.83 bits per heavy atom. The number of ether oxygens (including phenoxy) is 2. The molecular formula is C26H26ClFN6O2. The smallest absolute Gasteiger partial charge is 0.163 e.